The summed E-state index contributed by atoms with van der Waals surface area (Å²) in [6.07, 6.45) is 0. The first-order valence-electron chi connectivity index (χ1n) is 4.71. The van der Waals surface area contributed by atoms with Gasteiger partial charge in [0.25, 0.3) is 0 Å². The molecule has 68 valence electrons. The fourth-order valence-corrected chi connectivity index (χ4v) is 4.62. The number of hydrogen-bond acceptors (Lipinski definition) is 1. The van der Waals surface area contributed by atoms with Crippen LogP contribution in [0.5, 0.6) is 0 Å². The molecule has 0 unspecified atom stereocenters. The van der Waals surface area contributed by atoms with Crippen LogP contribution in [0.2, 0.25) is 11.1 Å². The second-order valence-corrected chi connectivity index (χ2v) is 8.39. The third-order valence-corrected chi connectivity index (χ3v) is 5.89. The largest absolute Gasteiger partial charge is 0.337 e. The van der Waals surface area contributed by atoms with Crippen LogP contribution in [-0.2, 0) is 0 Å². The normalized spacial score (nSPS) is 12.5. The standard InChI is InChI=1S/C9H23NSi/c1-7(2)10-11(8(3)4)9(5)6/h7-11H,1-6H3. The molecule has 0 aliphatic rings. The SMILES string of the molecule is CC(C)N[SiH](C(C)C)C(C)C. The second kappa shape index (κ2) is 4.94. The van der Waals surface area contributed by atoms with Crippen molar-refractivity contribution in [2.45, 2.75) is 58.7 Å². The van der Waals surface area contributed by atoms with Crippen molar-refractivity contribution in [3.05, 3.63) is 0 Å². The van der Waals surface area contributed by atoms with Gasteiger partial charge in [-0.05, 0) is 17.1 Å². The minimum Gasteiger partial charge on any atom is -0.337 e. The fourth-order valence-electron chi connectivity index (χ4n) is 1.54. The van der Waals surface area contributed by atoms with Crippen molar-refractivity contribution in [1.82, 2.24) is 4.98 Å². The van der Waals surface area contributed by atoms with E-state index in [1.807, 2.05) is 0 Å². The van der Waals surface area contributed by atoms with Crippen LogP contribution >= 0.6 is 0 Å². The zero-order valence-corrected chi connectivity index (χ0v) is 9.96. The van der Waals surface area contributed by atoms with Crippen molar-refractivity contribution in [2.24, 2.45) is 0 Å². The summed E-state index contributed by atoms with van der Waals surface area (Å²) in [5, 5.41) is 0. The van der Waals surface area contributed by atoms with Gasteiger partial charge in [-0.25, -0.2) is 0 Å². The molecule has 1 N–H and O–H groups in total. The highest BCUT2D eigenvalue weighted by Gasteiger charge is 2.19. The zero-order chi connectivity index (χ0) is 9.02. The van der Waals surface area contributed by atoms with Crippen LogP contribution in [-0.4, -0.2) is 15.0 Å². The first kappa shape index (κ1) is 11.2. The summed E-state index contributed by atoms with van der Waals surface area (Å²) in [4.78, 5) is 3.72. The maximum Gasteiger partial charge on any atom is 0.114 e. The Balaban J connectivity index is 3.90. The molecule has 0 saturated heterocycles. The minimum atomic E-state index is -0.688. The summed E-state index contributed by atoms with van der Waals surface area (Å²) in [6, 6.07) is 0.663. The predicted molar refractivity (Wildman–Crippen MR) is 55.6 cm³/mol. The monoisotopic (exact) mass is 173 g/mol. The van der Waals surface area contributed by atoms with Gasteiger partial charge in [0.15, 0.2) is 0 Å². The number of hydrogen-bond donors (Lipinski definition) is 1. The second-order valence-electron chi connectivity index (χ2n) is 4.34. The minimum absolute atomic E-state index is 0.663. The molecule has 0 amide bonds. The molecule has 0 aliphatic heterocycles. The Morgan fingerprint density at radius 2 is 1.18 bits per heavy atom. The van der Waals surface area contributed by atoms with Crippen LogP contribution in [0, 0.1) is 0 Å². The smallest absolute Gasteiger partial charge is 0.114 e. The van der Waals surface area contributed by atoms with E-state index in [1.54, 1.807) is 0 Å². The van der Waals surface area contributed by atoms with E-state index in [4.69, 9.17) is 0 Å². The van der Waals surface area contributed by atoms with Crippen LogP contribution in [0.1, 0.15) is 41.5 Å². The molecule has 0 spiro atoms. The summed E-state index contributed by atoms with van der Waals surface area (Å²) < 4.78 is 0. The van der Waals surface area contributed by atoms with Gasteiger partial charge in [0.1, 0.15) is 8.96 Å². The highest BCUT2D eigenvalue weighted by atomic mass is 28.3. The van der Waals surface area contributed by atoms with E-state index in [0.29, 0.717) is 6.04 Å². The maximum atomic E-state index is 3.72. The van der Waals surface area contributed by atoms with Gasteiger partial charge in [0.2, 0.25) is 0 Å². The van der Waals surface area contributed by atoms with E-state index in [9.17, 15) is 0 Å². The van der Waals surface area contributed by atoms with Crippen LogP contribution in [0.15, 0.2) is 0 Å². The van der Waals surface area contributed by atoms with Gasteiger partial charge >= 0.3 is 0 Å². The van der Waals surface area contributed by atoms with E-state index in [2.05, 4.69) is 46.5 Å². The van der Waals surface area contributed by atoms with Crippen molar-refractivity contribution in [3.8, 4) is 0 Å². The highest BCUT2D eigenvalue weighted by Crippen LogP contribution is 2.17. The molecule has 0 bridgehead atoms. The summed E-state index contributed by atoms with van der Waals surface area (Å²) in [7, 11) is -0.688. The quantitative estimate of drug-likeness (QED) is 0.644. The van der Waals surface area contributed by atoms with Gasteiger partial charge in [0.05, 0.1) is 0 Å². The molecule has 0 atom stereocenters. The molecule has 1 nitrogen and oxygen atoms in total. The molecule has 2 heteroatoms. The van der Waals surface area contributed by atoms with Gasteiger partial charge in [-0.3, -0.25) is 0 Å². The first-order chi connectivity index (χ1) is 4.95. The average Bonchev–Trinajstić information content (AvgIpc) is 1.81. The Morgan fingerprint density at radius 3 is 1.27 bits per heavy atom. The van der Waals surface area contributed by atoms with E-state index < -0.39 is 8.96 Å². The van der Waals surface area contributed by atoms with Crippen LogP contribution in [0.25, 0.3) is 0 Å². The lowest BCUT2D eigenvalue weighted by Crippen LogP contribution is -2.43. The van der Waals surface area contributed by atoms with Crippen molar-refractivity contribution < 1.29 is 0 Å². The van der Waals surface area contributed by atoms with Crippen LogP contribution in [0.4, 0.5) is 0 Å². The maximum absolute atomic E-state index is 3.72. The lowest BCUT2D eigenvalue weighted by Gasteiger charge is -2.26. The van der Waals surface area contributed by atoms with E-state index >= 15 is 0 Å². The van der Waals surface area contributed by atoms with Crippen LogP contribution < -0.4 is 4.98 Å². The topological polar surface area (TPSA) is 12.0 Å². The van der Waals surface area contributed by atoms with Crippen molar-refractivity contribution >= 4 is 8.96 Å². The number of nitrogens with one attached hydrogen (secondary N) is 1. The van der Waals surface area contributed by atoms with Gasteiger partial charge in [-0.15, -0.1) is 0 Å². The third kappa shape index (κ3) is 4.59. The molecule has 0 aliphatic carbocycles. The van der Waals surface area contributed by atoms with Gasteiger partial charge in [0, 0.05) is 0 Å². The molecule has 0 aromatic rings. The van der Waals surface area contributed by atoms with Crippen molar-refractivity contribution in [2.75, 3.05) is 0 Å². The van der Waals surface area contributed by atoms with Crippen LogP contribution in [0.3, 0.4) is 0 Å². The third-order valence-electron chi connectivity index (χ3n) is 1.96. The molecule has 0 aromatic heterocycles. The summed E-state index contributed by atoms with van der Waals surface area (Å²) in [5.41, 5.74) is 1.75. The lowest BCUT2D eigenvalue weighted by atomic mass is 10.4. The Labute approximate surface area is 73.3 Å². The Kier molecular flexibility index (Phi) is 5.02. The molecular formula is C9H23NSi. The Bertz CT molecular complexity index is 91.7. The molecular weight excluding hydrogens is 150 g/mol. The van der Waals surface area contributed by atoms with E-state index in [0.717, 1.165) is 11.1 Å². The summed E-state index contributed by atoms with van der Waals surface area (Å²) in [6.45, 7) is 13.8. The summed E-state index contributed by atoms with van der Waals surface area (Å²) >= 11 is 0. The van der Waals surface area contributed by atoms with Crippen molar-refractivity contribution in [1.29, 1.82) is 0 Å². The molecule has 0 radical (unpaired) electrons. The molecule has 0 aromatic carbocycles. The van der Waals surface area contributed by atoms with E-state index in [-0.39, 0.29) is 0 Å². The number of rotatable bonds is 4. The molecule has 0 rings (SSSR count). The molecule has 0 fully saturated rings. The first-order valence-corrected chi connectivity index (χ1v) is 6.62. The molecule has 0 saturated carbocycles. The lowest BCUT2D eigenvalue weighted by molar-refractivity contribution is 0.709. The van der Waals surface area contributed by atoms with Gasteiger partial charge < -0.3 is 4.98 Å². The molecule has 11 heavy (non-hydrogen) atoms. The Morgan fingerprint density at radius 1 is 0.818 bits per heavy atom. The Hall–Kier alpha value is 0.177. The summed E-state index contributed by atoms with van der Waals surface area (Å²) in [5.74, 6) is 0. The van der Waals surface area contributed by atoms with E-state index in [1.165, 1.54) is 0 Å². The predicted octanol–water partition coefficient (Wildman–Crippen LogP) is 2.53. The van der Waals surface area contributed by atoms with Gasteiger partial charge in [-0.1, -0.05) is 41.5 Å². The fraction of sp³-hybridized carbons (Fsp3) is 1.00. The highest BCUT2D eigenvalue weighted by molar-refractivity contribution is 6.59. The van der Waals surface area contributed by atoms with Gasteiger partial charge in [-0.2, -0.15) is 0 Å². The zero-order valence-electron chi connectivity index (χ0n) is 8.81. The molecule has 0 heterocycles. The van der Waals surface area contributed by atoms with Crippen molar-refractivity contribution in [3.63, 3.8) is 0 Å². The average molecular weight is 173 g/mol.